The third-order valence-electron chi connectivity index (χ3n) is 7.09. The lowest BCUT2D eigenvalue weighted by molar-refractivity contribution is 0.174. The van der Waals surface area contributed by atoms with Crippen LogP contribution in [-0.2, 0) is 16.3 Å². The summed E-state index contributed by atoms with van der Waals surface area (Å²) in [7, 11) is -2.91. The van der Waals surface area contributed by atoms with E-state index in [1.54, 1.807) is 6.33 Å². The van der Waals surface area contributed by atoms with Crippen molar-refractivity contribution in [2.45, 2.75) is 43.7 Å². The standard InChI is InChI=1S/C23H27N5O2S/c29-31(30)11-9-28(10-12-31)20-8-7-15-3-1-2-4-17(15)21(20)27-23-18-13-19(16-5-6-16)26-22(18)24-14-25-23/h1-4,13-14,16,20-21H,5-12H2,(H2,24,25,26,27). The van der Waals surface area contributed by atoms with Crippen LogP contribution in [0.2, 0.25) is 0 Å². The van der Waals surface area contributed by atoms with Crippen LogP contribution in [0.3, 0.4) is 0 Å². The van der Waals surface area contributed by atoms with Gasteiger partial charge < -0.3 is 10.3 Å². The largest absolute Gasteiger partial charge is 0.361 e. The Labute approximate surface area is 182 Å². The molecule has 2 fully saturated rings. The summed E-state index contributed by atoms with van der Waals surface area (Å²) in [6.45, 7) is 1.20. The van der Waals surface area contributed by atoms with Gasteiger partial charge in [-0.3, -0.25) is 4.90 Å². The summed E-state index contributed by atoms with van der Waals surface area (Å²) in [4.78, 5) is 14.9. The summed E-state index contributed by atoms with van der Waals surface area (Å²) >= 11 is 0. The van der Waals surface area contributed by atoms with Gasteiger partial charge in [0.25, 0.3) is 0 Å². The molecular formula is C23H27N5O2S. The highest BCUT2D eigenvalue weighted by atomic mass is 32.2. The Bertz CT molecular complexity index is 1220. The summed E-state index contributed by atoms with van der Waals surface area (Å²) in [5.41, 5.74) is 4.78. The molecule has 1 saturated carbocycles. The van der Waals surface area contributed by atoms with Gasteiger partial charge in [0.05, 0.1) is 22.9 Å². The maximum Gasteiger partial charge on any atom is 0.152 e. The number of aromatic amines is 1. The van der Waals surface area contributed by atoms with Crippen molar-refractivity contribution in [1.29, 1.82) is 0 Å². The van der Waals surface area contributed by atoms with Crippen LogP contribution in [0, 0.1) is 0 Å². The molecule has 6 rings (SSSR count). The predicted octanol–water partition coefficient (Wildman–Crippen LogP) is 3.03. The molecule has 31 heavy (non-hydrogen) atoms. The van der Waals surface area contributed by atoms with E-state index < -0.39 is 9.84 Å². The van der Waals surface area contributed by atoms with Gasteiger partial charge in [-0.25, -0.2) is 18.4 Å². The number of anilines is 1. The fraction of sp³-hybridized carbons (Fsp3) is 0.478. The van der Waals surface area contributed by atoms with E-state index in [0.717, 1.165) is 29.7 Å². The Morgan fingerprint density at radius 3 is 2.68 bits per heavy atom. The first kappa shape index (κ1) is 19.3. The van der Waals surface area contributed by atoms with Crippen LogP contribution < -0.4 is 5.32 Å². The lowest BCUT2D eigenvalue weighted by Crippen LogP contribution is -2.51. The Hall–Kier alpha value is -2.45. The molecule has 1 aromatic carbocycles. The molecule has 8 heteroatoms. The zero-order valence-electron chi connectivity index (χ0n) is 17.4. The average Bonchev–Trinajstić information content (AvgIpc) is 3.53. The first-order chi connectivity index (χ1) is 15.1. The van der Waals surface area contributed by atoms with Gasteiger partial charge in [-0.05, 0) is 48.8 Å². The van der Waals surface area contributed by atoms with Gasteiger partial charge in [-0.1, -0.05) is 24.3 Å². The zero-order valence-corrected chi connectivity index (χ0v) is 18.2. The van der Waals surface area contributed by atoms with E-state index in [1.807, 2.05) is 0 Å². The van der Waals surface area contributed by atoms with Gasteiger partial charge in [0, 0.05) is 24.8 Å². The van der Waals surface area contributed by atoms with Crippen molar-refractivity contribution < 1.29 is 8.42 Å². The number of H-pyrrole nitrogens is 1. The quantitative estimate of drug-likeness (QED) is 0.652. The molecule has 2 aliphatic carbocycles. The SMILES string of the molecule is O=S1(=O)CCN(C2CCc3ccccc3C2Nc2ncnc3[nH]c(C4CC4)cc23)CC1. The van der Waals surface area contributed by atoms with E-state index in [-0.39, 0.29) is 23.6 Å². The van der Waals surface area contributed by atoms with Gasteiger partial charge in [0.15, 0.2) is 9.84 Å². The number of hydrogen-bond acceptors (Lipinski definition) is 6. The Morgan fingerprint density at radius 2 is 1.87 bits per heavy atom. The van der Waals surface area contributed by atoms with Crippen molar-refractivity contribution in [3.63, 3.8) is 0 Å². The van der Waals surface area contributed by atoms with Gasteiger partial charge in [-0.15, -0.1) is 0 Å². The van der Waals surface area contributed by atoms with Crippen LogP contribution in [0.4, 0.5) is 5.82 Å². The van der Waals surface area contributed by atoms with E-state index in [9.17, 15) is 8.42 Å². The molecule has 3 aromatic rings. The monoisotopic (exact) mass is 437 g/mol. The normalized spacial score (nSPS) is 25.9. The molecule has 2 N–H and O–H groups in total. The van der Waals surface area contributed by atoms with Gasteiger partial charge in [-0.2, -0.15) is 0 Å². The van der Waals surface area contributed by atoms with E-state index >= 15 is 0 Å². The summed E-state index contributed by atoms with van der Waals surface area (Å²) in [5, 5.41) is 4.79. The van der Waals surface area contributed by atoms with Crippen molar-refractivity contribution in [2.24, 2.45) is 0 Å². The second-order valence-electron chi connectivity index (χ2n) is 9.10. The number of nitrogens with zero attached hydrogens (tertiary/aromatic N) is 3. The fourth-order valence-corrected chi connectivity index (χ4v) is 6.43. The van der Waals surface area contributed by atoms with Crippen molar-refractivity contribution in [3.8, 4) is 0 Å². The van der Waals surface area contributed by atoms with Crippen molar-refractivity contribution in [3.05, 3.63) is 53.5 Å². The number of nitrogens with one attached hydrogen (secondary N) is 2. The summed E-state index contributed by atoms with van der Waals surface area (Å²) in [6, 6.07) is 11.1. The van der Waals surface area contributed by atoms with E-state index in [2.05, 4.69) is 55.5 Å². The summed E-state index contributed by atoms with van der Waals surface area (Å²) in [6.07, 6.45) is 6.10. The second-order valence-corrected chi connectivity index (χ2v) is 11.4. The molecule has 3 aliphatic rings. The molecule has 0 bridgehead atoms. The number of sulfone groups is 1. The summed E-state index contributed by atoms with van der Waals surface area (Å²) in [5.74, 6) is 1.97. The van der Waals surface area contributed by atoms with Gasteiger partial charge in [0.2, 0.25) is 0 Å². The number of rotatable bonds is 4. The van der Waals surface area contributed by atoms with Crippen LogP contribution >= 0.6 is 0 Å². The fourth-order valence-electron chi connectivity index (χ4n) is 5.20. The lowest BCUT2D eigenvalue weighted by atomic mass is 9.83. The number of benzene rings is 1. The number of aromatic nitrogens is 3. The Kier molecular flexibility index (Phi) is 4.54. The highest BCUT2D eigenvalue weighted by molar-refractivity contribution is 7.91. The molecule has 1 aliphatic heterocycles. The predicted molar refractivity (Wildman–Crippen MR) is 121 cm³/mol. The lowest BCUT2D eigenvalue weighted by Gasteiger charge is -2.43. The van der Waals surface area contributed by atoms with E-state index in [1.165, 1.54) is 29.7 Å². The third-order valence-corrected chi connectivity index (χ3v) is 8.70. The smallest absolute Gasteiger partial charge is 0.152 e. The van der Waals surface area contributed by atoms with Crippen LogP contribution in [0.1, 0.15) is 48.0 Å². The topological polar surface area (TPSA) is 91.0 Å². The Morgan fingerprint density at radius 1 is 1.06 bits per heavy atom. The molecule has 2 unspecified atom stereocenters. The highest BCUT2D eigenvalue weighted by Crippen LogP contribution is 2.42. The number of aryl methyl sites for hydroxylation is 1. The van der Waals surface area contributed by atoms with Crippen LogP contribution in [0.5, 0.6) is 0 Å². The van der Waals surface area contributed by atoms with Crippen molar-refractivity contribution in [2.75, 3.05) is 29.9 Å². The van der Waals surface area contributed by atoms with Crippen molar-refractivity contribution in [1.82, 2.24) is 19.9 Å². The maximum atomic E-state index is 12.0. The molecule has 2 atom stereocenters. The third kappa shape index (κ3) is 3.61. The maximum absolute atomic E-state index is 12.0. The average molecular weight is 438 g/mol. The van der Waals surface area contributed by atoms with Gasteiger partial charge in [0.1, 0.15) is 17.8 Å². The second kappa shape index (κ2) is 7.31. The van der Waals surface area contributed by atoms with Crippen LogP contribution in [0.15, 0.2) is 36.7 Å². The first-order valence-corrected chi connectivity index (χ1v) is 13.0. The minimum atomic E-state index is -2.91. The molecule has 162 valence electrons. The minimum absolute atomic E-state index is 0.0585. The van der Waals surface area contributed by atoms with Gasteiger partial charge >= 0.3 is 0 Å². The molecule has 0 spiro atoms. The molecule has 0 amide bonds. The first-order valence-electron chi connectivity index (χ1n) is 11.2. The molecule has 0 radical (unpaired) electrons. The van der Waals surface area contributed by atoms with E-state index in [4.69, 9.17) is 0 Å². The molecule has 3 heterocycles. The highest BCUT2D eigenvalue weighted by Gasteiger charge is 2.36. The van der Waals surface area contributed by atoms with Crippen LogP contribution in [-0.4, -0.2) is 58.9 Å². The van der Waals surface area contributed by atoms with Crippen LogP contribution in [0.25, 0.3) is 11.0 Å². The Balaban J connectivity index is 1.36. The molecule has 1 saturated heterocycles. The number of hydrogen-bond donors (Lipinski definition) is 2. The van der Waals surface area contributed by atoms with Crippen molar-refractivity contribution >= 4 is 26.7 Å². The van der Waals surface area contributed by atoms with E-state index in [0.29, 0.717) is 19.0 Å². The molecule has 2 aromatic heterocycles. The summed E-state index contributed by atoms with van der Waals surface area (Å²) < 4.78 is 24.0. The molecular weight excluding hydrogens is 410 g/mol. The zero-order chi connectivity index (χ0) is 21.0. The minimum Gasteiger partial charge on any atom is -0.361 e. The number of fused-ring (bicyclic) bond motifs is 2. The molecule has 7 nitrogen and oxygen atoms in total.